The van der Waals surface area contributed by atoms with Crippen molar-refractivity contribution in [2.75, 3.05) is 13.6 Å². The molecular formula is C10H22N2O3S. The van der Waals surface area contributed by atoms with Crippen LogP contribution in [-0.2, 0) is 10.2 Å². The van der Waals surface area contributed by atoms with Gasteiger partial charge < -0.3 is 5.11 Å². The Balaban J connectivity index is 2.60. The van der Waals surface area contributed by atoms with Crippen molar-refractivity contribution in [1.29, 1.82) is 0 Å². The van der Waals surface area contributed by atoms with Gasteiger partial charge in [-0.15, -0.1) is 0 Å². The van der Waals surface area contributed by atoms with Crippen molar-refractivity contribution in [3.63, 3.8) is 0 Å². The summed E-state index contributed by atoms with van der Waals surface area (Å²) in [6.45, 7) is 3.72. The fourth-order valence-corrected chi connectivity index (χ4v) is 3.26. The van der Waals surface area contributed by atoms with E-state index in [0.29, 0.717) is 12.8 Å². The van der Waals surface area contributed by atoms with E-state index in [0.717, 1.165) is 12.8 Å². The highest BCUT2D eigenvalue weighted by atomic mass is 32.2. The lowest BCUT2D eigenvalue weighted by Gasteiger charge is -2.28. The molecule has 0 unspecified atom stereocenters. The van der Waals surface area contributed by atoms with E-state index < -0.39 is 15.8 Å². The summed E-state index contributed by atoms with van der Waals surface area (Å²) in [4.78, 5) is 0. The minimum atomic E-state index is -3.46. The summed E-state index contributed by atoms with van der Waals surface area (Å²) in [5.74, 6) is 0. The second kappa shape index (κ2) is 5.00. The molecule has 1 fully saturated rings. The van der Waals surface area contributed by atoms with E-state index in [-0.39, 0.29) is 12.6 Å². The molecule has 0 heterocycles. The van der Waals surface area contributed by atoms with E-state index >= 15 is 0 Å². The molecule has 1 aliphatic carbocycles. The van der Waals surface area contributed by atoms with Crippen molar-refractivity contribution in [3.8, 4) is 0 Å². The van der Waals surface area contributed by atoms with Crippen LogP contribution in [0.2, 0.25) is 0 Å². The summed E-state index contributed by atoms with van der Waals surface area (Å²) < 4.78 is 27.3. The summed E-state index contributed by atoms with van der Waals surface area (Å²) in [6, 6.07) is -0.134. The third kappa shape index (κ3) is 3.69. The van der Waals surface area contributed by atoms with Crippen LogP contribution >= 0.6 is 0 Å². The van der Waals surface area contributed by atoms with Crippen molar-refractivity contribution >= 4 is 10.2 Å². The molecule has 0 aromatic carbocycles. The van der Waals surface area contributed by atoms with Gasteiger partial charge in [0.2, 0.25) is 0 Å². The molecule has 0 atom stereocenters. The lowest BCUT2D eigenvalue weighted by Crippen LogP contribution is -2.48. The van der Waals surface area contributed by atoms with Crippen LogP contribution in [0.5, 0.6) is 0 Å². The number of nitrogens with zero attached hydrogens (tertiary/aromatic N) is 1. The highest BCUT2D eigenvalue weighted by Gasteiger charge is 2.35. The lowest BCUT2D eigenvalue weighted by atomic mass is 10.0. The number of aliphatic hydroxyl groups is 1. The molecular weight excluding hydrogens is 228 g/mol. The minimum Gasteiger partial charge on any atom is -0.389 e. The standard InChI is InChI=1S/C10H22N2O3S/c1-9(2)11-16(14,15)12(3)8-10(13)6-4-5-7-10/h9,11,13H,4-8H2,1-3H3. The maximum absolute atomic E-state index is 11.8. The summed E-state index contributed by atoms with van der Waals surface area (Å²) in [7, 11) is -1.96. The number of likely N-dealkylation sites (N-methyl/N-ethyl adjacent to an activating group) is 1. The Labute approximate surface area is 98.0 Å². The molecule has 0 spiro atoms. The molecule has 1 aliphatic rings. The van der Waals surface area contributed by atoms with Gasteiger partial charge in [0.1, 0.15) is 0 Å². The van der Waals surface area contributed by atoms with Crippen LogP contribution in [0.4, 0.5) is 0 Å². The van der Waals surface area contributed by atoms with E-state index in [9.17, 15) is 13.5 Å². The first-order valence-corrected chi connectivity index (χ1v) is 7.15. The van der Waals surface area contributed by atoms with Gasteiger partial charge in [-0.2, -0.15) is 17.4 Å². The van der Waals surface area contributed by atoms with Crippen LogP contribution in [-0.4, -0.2) is 43.1 Å². The Kier molecular flexibility index (Phi) is 4.34. The van der Waals surface area contributed by atoms with Gasteiger partial charge in [0.15, 0.2) is 0 Å². The number of rotatable bonds is 5. The SMILES string of the molecule is CC(C)NS(=O)(=O)N(C)CC1(O)CCCC1. The molecule has 1 saturated carbocycles. The average Bonchev–Trinajstić information content (AvgIpc) is 2.49. The van der Waals surface area contributed by atoms with E-state index in [1.165, 1.54) is 11.4 Å². The molecule has 1 rings (SSSR count). The second-order valence-corrected chi connectivity index (χ2v) is 6.77. The normalized spacial score (nSPS) is 20.9. The Bertz CT molecular complexity index is 321. The van der Waals surface area contributed by atoms with Gasteiger partial charge in [0.05, 0.1) is 5.60 Å². The summed E-state index contributed by atoms with van der Waals surface area (Å²) in [5.41, 5.74) is -0.833. The third-order valence-electron chi connectivity index (χ3n) is 2.85. The third-order valence-corrected chi connectivity index (χ3v) is 4.57. The smallest absolute Gasteiger partial charge is 0.279 e. The maximum atomic E-state index is 11.8. The largest absolute Gasteiger partial charge is 0.389 e. The van der Waals surface area contributed by atoms with Crippen LogP contribution in [0.1, 0.15) is 39.5 Å². The molecule has 0 bridgehead atoms. The highest BCUT2D eigenvalue weighted by molar-refractivity contribution is 7.87. The summed E-state index contributed by atoms with van der Waals surface area (Å²) in [5, 5.41) is 10.1. The molecule has 96 valence electrons. The first kappa shape index (κ1) is 13.9. The van der Waals surface area contributed by atoms with Crippen LogP contribution < -0.4 is 4.72 Å². The molecule has 0 aliphatic heterocycles. The molecule has 0 saturated heterocycles. The first-order chi connectivity index (χ1) is 7.25. The molecule has 0 aromatic heterocycles. The Hall–Kier alpha value is -0.170. The van der Waals surface area contributed by atoms with Crippen LogP contribution in [0.15, 0.2) is 0 Å². The van der Waals surface area contributed by atoms with Crippen LogP contribution in [0, 0.1) is 0 Å². The zero-order valence-corrected chi connectivity index (χ0v) is 11.0. The monoisotopic (exact) mass is 250 g/mol. The van der Waals surface area contributed by atoms with Crippen LogP contribution in [0.25, 0.3) is 0 Å². The fourth-order valence-electron chi connectivity index (χ4n) is 2.08. The fraction of sp³-hybridized carbons (Fsp3) is 1.00. The molecule has 0 aromatic rings. The highest BCUT2D eigenvalue weighted by Crippen LogP contribution is 2.30. The predicted molar refractivity (Wildman–Crippen MR) is 63.2 cm³/mol. The Morgan fingerprint density at radius 1 is 1.38 bits per heavy atom. The van der Waals surface area contributed by atoms with Crippen molar-refractivity contribution < 1.29 is 13.5 Å². The van der Waals surface area contributed by atoms with Crippen LogP contribution in [0.3, 0.4) is 0 Å². The summed E-state index contributed by atoms with van der Waals surface area (Å²) >= 11 is 0. The number of hydrogen-bond acceptors (Lipinski definition) is 3. The zero-order valence-electron chi connectivity index (χ0n) is 10.2. The quantitative estimate of drug-likeness (QED) is 0.745. The van der Waals surface area contributed by atoms with Crippen molar-refractivity contribution in [1.82, 2.24) is 9.03 Å². The Morgan fingerprint density at radius 2 is 1.88 bits per heavy atom. The Morgan fingerprint density at radius 3 is 2.31 bits per heavy atom. The average molecular weight is 250 g/mol. The molecule has 0 radical (unpaired) electrons. The second-order valence-electron chi connectivity index (χ2n) is 4.97. The van der Waals surface area contributed by atoms with E-state index in [4.69, 9.17) is 0 Å². The molecule has 2 N–H and O–H groups in total. The van der Waals surface area contributed by atoms with Gasteiger partial charge in [-0.3, -0.25) is 0 Å². The predicted octanol–water partition coefficient (Wildman–Crippen LogP) is 0.466. The zero-order chi connectivity index (χ0) is 12.4. The van der Waals surface area contributed by atoms with E-state index in [1.807, 2.05) is 0 Å². The first-order valence-electron chi connectivity index (χ1n) is 5.71. The van der Waals surface area contributed by atoms with Crippen molar-refractivity contribution in [3.05, 3.63) is 0 Å². The van der Waals surface area contributed by atoms with Gasteiger partial charge in [-0.25, -0.2) is 0 Å². The van der Waals surface area contributed by atoms with Gasteiger partial charge in [-0.05, 0) is 26.7 Å². The van der Waals surface area contributed by atoms with Crippen molar-refractivity contribution in [2.45, 2.75) is 51.2 Å². The molecule has 16 heavy (non-hydrogen) atoms. The minimum absolute atomic E-state index is 0.134. The van der Waals surface area contributed by atoms with Gasteiger partial charge in [0, 0.05) is 19.6 Å². The summed E-state index contributed by atoms with van der Waals surface area (Å²) in [6.07, 6.45) is 3.33. The molecule has 0 amide bonds. The van der Waals surface area contributed by atoms with E-state index in [2.05, 4.69) is 4.72 Å². The topological polar surface area (TPSA) is 69.6 Å². The van der Waals surface area contributed by atoms with Gasteiger partial charge in [-0.1, -0.05) is 12.8 Å². The molecule has 5 nitrogen and oxygen atoms in total. The maximum Gasteiger partial charge on any atom is 0.279 e. The van der Waals surface area contributed by atoms with E-state index in [1.54, 1.807) is 13.8 Å². The van der Waals surface area contributed by atoms with Crippen molar-refractivity contribution in [2.24, 2.45) is 0 Å². The molecule has 6 heteroatoms. The number of nitrogens with one attached hydrogen (secondary N) is 1. The van der Waals surface area contributed by atoms with Gasteiger partial charge in [0.25, 0.3) is 10.2 Å². The lowest BCUT2D eigenvalue weighted by molar-refractivity contribution is 0.0330. The van der Waals surface area contributed by atoms with Gasteiger partial charge >= 0.3 is 0 Å². The number of hydrogen-bond donors (Lipinski definition) is 2.